The first kappa shape index (κ1) is 19.6. The Labute approximate surface area is 167 Å². The molecule has 1 aliphatic heterocycles. The highest BCUT2D eigenvalue weighted by Gasteiger charge is 2.36. The minimum absolute atomic E-state index is 0.00757. The van der Waals surface area contributed by atoms with Gasteiger partial charge in [-0.2, -0.15) is 0 Å². The zero-order valence-electron chi connectivity index (χ0n) is 15.4. The molecule has 0 spiro atoms. The Bertz CT molecular complexity index is 884. The van der Waals surface area contributed by atoms with E-state index in [1.165, 1.54) is 18.0 Å². The highest BCUT2D eigenvalue weighted by molar-refractivity contribution is 8.16. The third-order valence-corrected chi connectivity index (χ3v) is 7.38. The van der Waals surface area contributed by atoms with E-state index in [9.17, 15) is 4.79 Å². The Balaban J connectivity index is 1.85. The predicted octanol–water partition coefficient (Wildman–Crippen LogP) is 3.71. The van der Waals surface area contributed by atoms with Crippen molar-refractivity contribution in [2.75, 3.05) is 25.7 Å². The van der Waals surface area contributed by atoms with Crippen molar-refractivity contribution in [2.24, 2.45) is 0 Å². The van der Waals surface area contributed by atoms with Crippen molar-refractivity contribution in [3.8, 4) is 17.6 Å². The minimum Gasteiger partial charge on any atom is -0.493 e. The smallest absolute Gasteiger partial charge is 0.358 e. The normalized spacial score (nSPS) is 14.3. The molecular formula is C20H20N2O3S2. The fraction of sp³-hybridized carbons (Fsp3) is 0.350. The lowest BCUT2D eigenvalue weighted by molar-refractivity contribution is 0.0519. The van der Waals surface area contributed by atoms with Gasteiger partial charge >= 0.3 is 5.97 Å². The summed E-state index contributed by atoms with van der Waals surface area (Å²) in [4.78, 5) is 19.9. The van der Waals surface area contributed by atoms with Gasteiger partial charge in [-0.05, 0) is 43.6 Å². The zero-order valence-corrected chi connectivity index (χ0v) is 17.1. The lowest BCUT2D eigenvalue weighted by Crippen LogP contribution is -2.26. The average molecular weight is 401 g/mol. The molecule has 1 aromatic heterocycles. The molecule has 0 radical (unpaired) electrons. The summed E-state index contributed by atoms with van der Waals surface area (Å²) in [5.41, 5.74) is 2.74. The van der Waals surface area contributed by atoms with E-state index in [0.717, 1.165) is 24.3 Å². The molecule has 0 bridgehead atoms. The molecular weight excluding hydrogens is 380 g/mol. The van der Waals surface area contributed by atoms with Gasteiger partial charge in [-0.15, -0.1) is 23.5 Å². The molecule has 0 fully saturated rings. The van der Waals surface area contributed by atoms with E-state index in [2.05, 4.69) is 40.4 Å². The Kier molecular flexibility index (Phi) is 6.30. The number of carbonyl (C=O) groups excluding carboxylic acids is 1. The molecule has 0 saturated heterocycles. The van der Waals surface area contributed by atoms with Crippen LogP contribution in [-0.2, 0) is 8.82 Å². The number of thioether (sulfide) groups is 2. The van der Waals surface area contributed by atoms with Crippen LogP contribution in [0.2, 0.25) is 0 Å². The van der Waals surface area contributed by atoms with Crippen LogP contribution in [0, 0.1) is 11.8 Å². The van der Waals surface area contributed by atoms with Crippen molar-refractivity contribution in [2.45, 2.75) is 17.4 Å². The fourth-order valence-corrected chi connectivity index (χ4v) is 4.81. The Morgan fingerprint density at radius 3 is 2.74 bits per heavy atom. The molecule has 1 aliphatic rings. The third-order valence-electron chi connectivity index (χ3n) is 4.21. The summed E-state index contributed by atoms with van der Waals surface area (Å²) in [6.07, 6.45) is 8.08. The fourth-order valence-electron chi connectivity index (χ4n) is 2.81. The first-order valence-corrected chi connectivity index (χ1v) is 11.0. The van der Waals surface area contributed by atoms with Crippen molar-refractivity contribution < 1.29 is 14.3 Å². The van der Waals surface area contributed by atoms with Crippen LogP contribution in [0.15, 0.2) is 30.6 Å². The summed E-state index contributed by atoms with van der Waals surface area (Å²) in [6, 6.07) is 6.02. The van der Waals surface area contributed by atoms with Crippen LogP contribution >= 0.6 is 23.5 Å². The van der Waals surface area contributed by atoms with Gasteiger partial charge in [0.05, 0.1) is 29.7 Å². The third kappa shape index (κ3) is 4.23. The number of rotatable bonds is 4. The summed E-state index contributed by atoms with van der Waals surface area (Å²) in [7, 11) is 0. The minimum atomic E-state index is -0.482. The molecule has 27 heavy (non-hydrogen) atoms. The van der Waals surface area contributed by atoms with Crippen LogP contribution in [0.5, 0.6) is 5.75 Å². The van der Waals surface area contributed by atoms with Gasteiger partial charge in [-0.3, -0.25) is 0 Å². The molecule has 0 amide bonds. The van der Waals surface area contributed by atoms with Crippen LogP contribution in [0.4, 0.5) is 0 Å². The van der Waals surface area contributed by atoms with E-state index in [1.807, 2.05) is 35.7 Å². The topological polar surface area (TPSA) is 61.3 Å². The maximum atomic E-state index is 11.6. The Hall–Kier alpha value is -2.17. The maximum Gasteiger partial charge on any atom is 0.358 e. The van der Waals surface area contributed by atoms with Gasteiger partial charge in [0, 0.05) is 17.5 Å². The number of aromatic nitrogens is 2. The van der Waals surface area contributed by atoms with Crippen molar-refractivity contribution in [1.29, 1.82) is 0 Å². The number of ether oxygens (including phenoxy) is 2. The summed E-state index contributed by atoms with van der Waals surface area (Å²) in [6.45, 7) is 2.78. The molecule has 0 saturated carbocycles. The molecule has 5 nitrogen and oxygen atoms in total. The summed E-state index contributed by atoms with van der Waals surface area (Å²) < 4.78 is 10.7. The predicted molar refractivity (Wildman–Crippen MR) is 109 cm³/mol. The van der Waals surface area contributed by atoms with E-state index in [0.29, 0.717) is 12.3 Å². The Morgan fingerprint density at radius 1 is 1.26 bits per heavy atom. The second-order valence-corrected chi connectivity index (χ2v) is 8.20. The lowest BCUT2D eigenvalue weighted by atomic mass is 10.0. The van der Waals surface area contributed by atoms with Gasteiger partial charge in [-0.25, -0.2) is 14.8 Å². The number of esters is 1. The van der Waals surface area contributed by atoms with E-state index < -0.39 is 5.97 Å². The lowest BCUT2D eigenvalue weighted by Gasteiger charge is -2.36. The second kappa shape index (κ2) is 8.68. The summed E-state index contributed by atoms with van der Waals surface area (Å²) in [5.74, 6) is 6.57. The molecule has 0 atom stereocenters. The standard InChI is InChI=1S/C20H20N2O3S2/c1-4-24-19(23)17-13-21-15(12-22-17)7-5-14-6-8-18-16(11-14)20(26-2,27-3)9-10-25-18/h6,8,11-13H,4,9-10H2,1-3H3. The SMILES string of the molecule is CCOC(=O)c1cnc(C#Cc2ccc3c(c2)C(SC)(SC)CCO3)cn1. The van der Waals surface area contributed by atoms with Crippen molar-refractivity contribution in [3.63, 3.8) is 0 Å². The van der Waals surface area contributed by atoms with Gasteiger partial charge in [0.25, 0.3) is 0 Å². The molecule has 1 aromatic carbocycles. The van der Waals surface area contributed by atoms with E-state index >= 15 is 0 Å². The van der Waals surface area contributed by atoms with E-state index in [4.69, 9.17) is 9.47 Å². The van der Waals surface area contributed by atoms with Gasteiger partial charge in [0.2, 0.25) is 0 Å². The highest BCUT2D eigenvalue weighted by atomic mass is 32.2. The molecule has 0 N–H and O–H groups in total. The highest BCUT2D eigenvalue weighted by Crippen LogP contribution is 2.52. The quantitative estimate of drug-likeness (QED) is 0.440. The number of nitrogens with zero attached hydrogens (tertiary/aromatic N) is 2. The van der Waals surface area contributed by atoms with Gasteiger partial charge in [0.15, 0.2) is 5.69 Å². The van der Waals surface area contributed by atoms with Crippen molar-refractivity contribution in [1.82, 2.24) is 9.97 Å². The van der Waals surface area contributed by atoms with Crippen LogP contribution < -0.4 is 4.74 Å². The first-order valence-electron chi connectivity index (χ1n) is 8.50. The van der Waals surface area contributed by atoms with Crippen LogP contribution in [0.1, 0.15) is 40.7 Å². The molecule has 0 unspecified atom stereocenters. The van der Waals surface area contributed by atoms with Crippen LogP contribution in [-0.4, -0.2) is 41.7 Å². The average Bonchev–Trinajstić information content (AvgIpc) is 2.72. The molecule has 2 heterocycles. The zero-order chi connectivity index (χ0) is 19.3. The van der Waals surface area contributed by atoms with Gasteiger partial charge in [-0.1, -0.05) is 5.92 Å². The second-order valence-electron chi connectivity index (χ2n) is 5.73. The number of hydrogen-bond donors (Lipinski definition) is 0. The largest absolute Gasteiger partial charge is 0.493 e. The summed E-state index contributed by atoms with van der Waals surface area (Å²) in [5, 5.41) is 0. The molecule has 2 aromatic rings. The molecule has 0 aliphatic carbocycles. The number of carbonyl (C=O) groups is 1. The van der Waals surface area contributed by atoms with Crippen LogP contribution in [0.25, 0.3) is 0 Å². The first-order chi connectivity index (χ1) is 13.1. The summed E-state index contributed by atoms with van der Waals surface area (Å²) >= 11 is 3.67. The van der Waals surface area contributed by atoms with Gasteiger partial charge in [0.1, 0.15) is 11.4 Å². The number of fused-ring (bicyclic) bond motifs is 1. The molecule has 7 heteroatoms. The van der Waals surface area contributed by atoms with Crippen molar-refractivity contribution >= 4 is 29.5 Å². The monoisotopic (exact) mass is 400 g/mol. The molecule has 140 valence electrons. The number of benzene rings is 1. The van der Waals surface area contributed by atoms with Gasteiger partial charge < -0.3 is 9.47 Å². The molecule has 3 rings (SSSR count). The van der Waals surface area contributed by atoms with Crippen LogP contribution in [0.3, 0.4) is 0 Å². The maximum absolute atomic E-state index is 11.6. The van der Waals surface area contributed by atoms with E-state index in [1.54, 1.807) is 6.92 Å². The van der Waals surface area contributed by atoms with Crippen molar-refractivity contribution in [3.05, 3.63) is 53.1 Å². The van der Waals surface area contributed by atoms with E-state index in [-0.39, 0.29) is 9.77 Å². The Morgan fingerprint density at radius 2 is 2.07 bits per heavy atom. The number of hydrogen-bond acceptors (Lipinski definition) is 7.